The van der Waals surface area contributed by atoms with E-state index in [0.717, 1.165) is 16.7 Å². The van der Waals surface area contributed by atoms with Gasteiger partial charge in [-0.3, -0.25) is 19.2 Å². The lowest BCUT2D eigenvalue weighted by Gasteiger charge is -2.39. The number of hydrogen-bond donors (Lipinski definition) is 4. The number of nitrogens with one attached hydrogen (secondary N) is 2. The number of nitrogens with zero attached hydrogens (tertiary/aromatic N) is 2. The van der Waals surface area contributed by atoms with E-state index in [2.05, 4.69) is 10.6 Å². The molecule has 6 amide bonds. The van der Waals surface area contributed by atoms with Crippen molar-refractivity contribution in [3.05, 3.63) is 107 Å². The highest BCUT2D eigenvalue weighted by molar-refractivity contribution is 5.96. The van der Waals surface area contributed by atoms with Crippen LogP contribution in [-0.2, 0) is 46.2 Å². The molecule has 2 aliphatic heterocycles. The van der Waals surface area contributed by atoms with Gasteiger partial charge in [0.2, 0.25) is 23.6 Å². The Balaban J connectivity index is 1.46. The Hall–Kier alpha value is -5.92. The molecule has 0 spiro atoms. The lowest BCUT2D eigenvalue weighted by molar-refractivity contribution is -0.146. The SMILES string of the molecule is COC(=O)N[C@H](C(=O)N1CCC[C@@]1(C(N)=O)c1ccc(CC(c2ccccc2)c2ccc([C@]3(C(N)=O)CCCN3C(=O)[C@@H](NC(=O)OC)C(C)C)cc2)cc1)C(C)C. The molecule has 6 N–H and O–H groups in total. The van der Waals surface area contributed by atoms with Crippen molar-refractivity contribution in [2.24, 2.45) is 23.3 Å². The first-order valence-electron chi connectivity index (χ1n) is 19.8. The van der Waals surface area contributed by atoms with Crippen molar-refractivity contribution in [1.29, 1.82) is 0 Å². The van der Waals surface area contributed by atoms with Gasteiger partial charge in [-0.15, -0.1) is 0 Å². The van der Waals surface area contributed by atoms with Crippen LogP contribution in [0.1, 0.15) is 87.1 Å². The van der Waals surface area contributed by atoms with Gasteiger partial charge in [-0.1, -0.05) is 107 Å². The molecule has 5 atom stereocenters. The molecule has 0 saturated carbocycles. The zero-order chi connectivity index (χ0) is 42.4. The van der Waals surface area contributed by atoms with E-state index >= 15 is 0 Å². The summed E-state index contributed by atoms with van der Waals surface area (Å²) in [5.74, 6) is -2.81. The normalized spacial score (nSPS) is 20.6. The number of amides is 6. The zero-order valence-corrected chi connectivity index (χ0v) is 34.2. The first-order chi connectivity index (χ1) is 27.6. The predicted molar refractivity (Wildman–Crippen MR) is 217 cm³/mol. The summed E-state index contributed by atoms with van der Waals surface area (Å²) in [6.45, 7) is 7.82. The standard InChI is InChI=1S/C44H56N6O8/c1-27(2)35(47-41(55)57-5)37(51)49-24-10-22-43(49,39(45)53)32-18-14-29(15-19-32)26-34(30-12-8-7-9-13-30)31-16-20-33(21-17-31)44(40(46)54)23-11-25-50(44)38(52)36(28(3)4)48-42(56)58-6/h7-9,12-21,27-28,34-36H,10-11,22-26H2,1-6H3,(H2,45,53)(H2,46,54)(H,47,55)(H,48,56)/t34?,35-,36-,43-,44-/m0/s1. The summed E-state index contributed by atoms with van der Waals surface area (Å²) in [4.78, 5) is 82.0. The summed E-state index contributed by atoms with van der Waals surface area (Å²) in [6, 6.07) is 23.3. The maximum absolute atomic E-state index is 14.0. The fourth-order valence-electron chi connectivity index (χ4n) is 8.62. The van der Waals surface area contributed by atoms with Gasteiger partial charge in [-0.25, -0.2) is 9.59 Å². The van der Waals surface area contributed by atoms with E-state index in [1.807, 2.05) is 107 Å². The minimum Gasteiger partial charge on any atom is -0.453 e. The molecule has 58 heavy (non-hydrogen) atoms. The molecule has 310 valence electrons. The predicted octanol–water partition coefficient (Wildman–Crippen LogP) is 4.43. The third-order valence-electron chi connectivity index (χ3n) is 11.8. The summed E-state index contributed by atoms with van der Waals surface area (Å²) in [6.07, 6.45) is 0.858. The summed E-state index contributed by atoms with van der Waals surface area (Å²) >= 11 is 0. The molecular formula is C44H56N6O8. The van der Waals surface area contributed by atoms with Crippen molar-refractivity contribution in [2.45, 2.75) is 88.9 Å². The van der Waals surface area contributed by atoms with Crippen LogP contribution in [0, 0.1) is 11.8 Å². The quantitative estimate of drug-likeness (QED) is 0.183. The lowest BCUT2D eigenvalue weighted by atomic mass is 9.81. The molecular weight excluding hydrogens is 741 g/mol. The van der Waals surface area contributed by atoms with Crippen LogP contribution in [0.15, 0.2) is 78.9 Å². The lowest BCUT2D eigenvalue weighted by Crippen LogP contribution is -2.59. The maximum atomic E-state index is 14.0. The van der Waals surface area contributed by atoms with Crippen LogP contribution in [0.3, 0.4) is 0 Å². The van der Waals surface area contributed by atoms with E-state index in [4.69, 9.17) is 20.9 Å². The number of hydrogen-bond acceptors (Lipinski definition) is 8. The summed E-state index contributed by atoms with van der Waals surface area (Å²) in [7, 11) is 2.45. The topological polar surface area (TPSA) is 203 Å². The molecule has 0 aliphatic carbocycles. The average Bonchev–Trinajstić information content (AvgIpc) is 3.88. The summed E-state index contributed by atoms with van der Waals surface area (Å²) < 4.78 is 9.53. The number of likely N-dealkylation sites (tertiary alicyclic amines) is 2. The minimum absolute atomic E-state index is 0.132. The number of carbonyl (C=O) groups is 6. The van der Waals surface area contributed by atoms with E-state index in [0.29, 0.717) is 56.3 Å². The van der Waals surface area contributed by atoms with Crippen LogP contribution in [0.25, 0.3) is 0 Å². The molecule has 2 heterocycles. The summed E-state index contributed by atoms with van der Waals surface area (Å²) in [5.41, 5.74) is 13.6. The van der Waals surface area contributed by atoms with Gasteiger partial charge >= 0.3 is 12.2 Å². The number of carbonyl (C=O) groups excluding carboxylic acids is 6. The Morgan fingerprint density at radius 1 is 0.621 bits per heavy atom. The molecule has 0 aromatic heterocycles. The molecule has 2 saturated heterocycles. The van der Waals surface area contributed by atoms with Crippen LogP contribution in [0.2, 0.25) is 0 Å². The molecule has 5 rings (SSSR count). The van der Waals surface area contributed by atoms with Crippen molar-refractivity contribution in [1.82, 2.24) is 20.4 Å². The van der Waals surface area contributed by atoms with Crippen molar-refractivity contribution < 1.29 is 38.2 Å². The Morgan fingerprint density at radius 2 is 1.02 bits per heavy atom. The van der Waals surface area contributed by atoms with E-state index in [-0.39, 0.29) is 17.8 Å². The Kier molecular flexibility index (Phi) is 13.5. The van der Waals surface area contributed by atoms with E-state index in [1.54, 1.807) is 0 Å². The van der Waals surface area contributed by atoms with E-state index in [9.17, 15) is 28.8 Å². The monoisotopic (exact) mass is 796 g/mol. The molecule has 0 bridgehead atoms. The van der Waals surface area contributed by atoms with Gasteiger partial charge in [-0.05, 0) is 71.8 Å². The fraction of sp³-hybridized carbons (Fsp3) is 0.455. The highest BCUT2D eigenvalue weighted by atomic mass is 16.5. The number of primary amides is 2. The van der Waals surface area contributed by atoms with Gasteiger partial charge in [0, 0.05) is 19.0 Å². The Labute approximate surface area is 340 Å². The zero-order valence-electron chi connectivity index (χ0n) is 34.2. The number of alkyl carbamates (subject to hydrolysis) is 2. The van der Waals surface area contributed by atoms with Crippen molar-refractivity contribution in [3.63, 3.8) is 0 Å². The third kappa shape index (κ3) is 8.37. The molecule has 14 nitrogen and oxygen atoms in total. The fourth-order valence-corrected chi connectivity index (χ4v) is 8.62. The van der Waals surface area contributed by atoms with Gasteiger partial charge in [-0.2, -0.15) is 0 Å². The summed E-state index contributed by atoms with van der Waals surface area (Å²) in [5, 5.41) is 5.24. The van der Waals surface area contributed by atoms with Crippen molar-refractivity contribution in [3.8, 4) is 0 Å². The van der Waals surface area contributed by atoms with Crippen molar-refractivity contribution in [2.75, 3.05) is 27.3 Å². The third-order valence-corrected chi connectivity index (χ3v) is 11.8. The number of rotatable bonds is 14. The maximum Gasteiger partial charge on any atom is 0.407 e. The highest BCUT2D eigenvalue weighted by Gasteiger charge is 2.53. The Bertz CT molecular complexity index is 1970. The van der Waals surface area contributed by atoms with Crippen molar-refractivity contribution >= 4 is 35.8 Å². The first kappa shape index (κ1) is 43.2. The van der Waals surface area contributed by atoms with Gasteiger partial charge in [0.1, 0.15) is 23.2 Å². The van der Waals surface area contributed by atoms with E-state index in [1.165, 1.54) is 24.0 Å². The largest absolute Gasteiger partial charge is 0.453 e. The van der Waals surface area contributed by atoms with Crippen LogP contribution in [-0.4, -0.2) is 85.0 Å². The van der Waals surface area contributed by atoms with Gasteiger partial charge in [0.05, 0.1) is 14.2 Å². The van der Waals surface area contributed by atoms with Gasteiger partial charge in [0.25, 0.3) is 0 Å². The number of ether oxygens (including phenoxy) is 2. The Morgan fingerprint density at radius 3 is 1.40 bits per heavy atom. The van der Waals surface area contributed by atoms with Crippen LogP contribution in [0.5, 0.6) is 0 Å². The van der Waals surface area contributed by atoms with Crippen LogP contribution < -0.4 is 22.1 Å². The molecule has 3 aromatic carbocycles. The van der Waals surface area contributed by atoms with Gasteiger partial charge in [0.15, 0.2) is 0 Å². The molecule has 14 heteroatoms. The van der Waals surface area contributed by atoms with Gasteiger partial charge < -0.3 is 41.4 Å². The molecule has 2 fully saturated rings. The van der Waals surface area contributed by atoms with Crippen LogP contribution in [0.4, 0.5) is 9.59 Å². The second-order valence-electron chi connectivity index (χ2n) is 15.8. The first-order valence-corrected chi connectivity index (χ1v) is 19.8. The second kappa shape index (κ2) is 18.1. The van der Waals surface area contributed by atoms with Crippen LogP contribution >= 0.6 is 0 Å². The second-order valence-corrected chi connectivity index (χ2v) is 15.8. The molecule has 2 aliphatic rings. The number of nitrogens with two attached hydrogens (primary N) is 2. The highest BCUT2D eigenvalue weighted by Crippen LogP contribution is 2.42. The molecule has 3 aromatic rings. The number of benzene rings is 3. The minimum atomic E-state index is -1.41. The smallest absolute Gasteiger partial charge is 0.407 e. The average molecular weight is 797 g/mol. The molecule has 1 unspecified atom stereocenters. The molecule has 0 radical (unpaired) electrons. The number of methoxy groups -OCH3 is 2. The van der Waals surface area contributed by atoms with E-state index < -0.39 is 59.0 Å².